The highest BCUT2D eigenvalue weighted by molar-refractivity contribution is 6.32. The first-order valence-electron chi connectivity index (χ1n) is 13.4. The highest BCUT2D eigenvalue weighted by Crippen LogP contribution is 2.28. The van der Waals surface area contributed by atoms with E-state index < -0.39 is 5.91 Å². The van der Waals surface area contributed by atoms with Crippen molar-refractivity contribution in [2.24, 2.45) is 5.10 Å². The van der Waals surface area contributed by atoms with Crippen molar-refractivity contribution < 1.29 is 19.4 Å². The van der Waals surface area contributed by atoms with Crippen LogP contribution < -0.4 is 15.1 Å². The van der Waals surface area contributed by atoms with Crippen LogP contribution in [0.3, 0.4) is 0 Å². The molecule has 2 amide bonds. The van der Waals surface area contributed by atoms with Gasteiger partial charge < -0.3 is 19.6 Å². The fourth-order valence-electron chi connectivity index (χ4n) is 5.01. The third-order valence-electron chi connectivity index (χ3n) is 7.16. The predicted octanol–water partition coefficient (Wildman–Crippen LogP) is 5.39. The molecule has 5 rings (SSSR count). The molecule has 4 aromatic rings. The number of hydrogen-bond acceptors (Lipinski definition) is 6. The first-order chi connectivity index (χ1) is 19.8. The molecule has 1 saturated heterocycles. The number of anilines is 1. The van der Waals surface area contributed by atoms with Gasteiger partial charge in [0.05, 0.1) is 11.2 Å². The number of aryl methyl sites for hydroxylation is 1. The Morgan fingerprint density at radius 3 is 2.61 bits per heavy atom. The van der Waals surface area contributed by atoms with Gasteiger partial charge in [0.25, 0.3) is 11.8 Å². The Hall–Kier alpha value is -4.56. The Kier molecular flexibility index (Phi) is 8.40. The second-order valence-corrected chi connectivity index (χ2v) is 10.5. The van der Waals surface area contributed by atoms with Crippen LogP contribution in [0.2, 0.25) is 5.02 Å². The average molecular weight is 571 g/mol. The largest absolute Gasteiger partial charge is 0.506 e. The number of hydrogen-bond donors (Lipinski definition) is 2. The van der Waals surface area contributed by atoms with Crippen LogP contribution in [-0.2, 0) is 4.79 Å². The lowest BCUT2D eigenvalue weighted by Crippen LogP contribution is -2.54. The quantitative estimate of drug-likeness (QED) is 0.230. The third-order valence-corrected chi connectivity index (χ3v) is 7.46. The van der Waals surface area contributed by atoms with E-state index in [1.165, 1.54) is 29.4 Å². The number of aromatic hydroxyl groups is 1. The molecule has 1 aliphatic heterocycles. The van der Waals surface area contributed by atoms with Gasteiger partial charge >= 0.3 is 0 Å². The van der Waals surface area contributed by atoms with Crippen LogP contribution in [0.15, 0.2) is 84.0 Å². The zero-order chi connectivity index (χ0) is 28.9. The molecule has 0 spiro atoms. The van der Waals surface area contributed by atoms with Crippen molar-refractivity contribution in [1.29, 1.82) is 0 Å². The van der Waals surface area contributed by atoms with Gasteiger partial charge in [0.15, 0.2) is 6.61 Å². The summed E-state index contributed by atoms with van der Waals surface area (Å²) in [6, 6.07) is 24.1. The summed E-state index contributed by atoms with van der Waals surface area (Å²) in [4.78, 5) is 29.7. The number of benzene rings is 4. The molecule has 1 unspecified atom stereocenters. The lowest BCUT2D eigenvalue weighted by molar-refractivity contribution is -0.134. The van der Waals surface area contributed by atoms with Crippen molar-refractivity contribution in [3.63, 3.8) is 0 Å². The minimum atomic E-state index is -0.458. The molecular weight excluding hydrogens is 540 g/mol. The molecule has 0 aliphatic carbocycles. The summed E-state index contributed by atoms with van der Waals surface area (Å²) in [5.74, 6) is -0.00905. The number of nitrogens with one attached hydrogen (secondary N) is 1. The number of phenolic OH excluding ortho intramolecular Hbond substituents is 1. The van der Waals surface area contributed by atoms with Gasteiger partial charge in [-0.15, -0.1) is 0 Å². The normalized spacial score (nSPS) is 15.3. The first kappa shape index (κ1) is 28.0. The summed E-state index contributed by atoms with van der Waals surface area (Å²) < 4.78 is 6.02. The number of ether oxygens (including phenoxy) is 1. The Bertz CT molecular complexity index is 1620. The molecule has 8 nitrogen and oxygen atoms in total. The number of carbonyl (C=O) groups excluding carboxylic acids is 2. The maximum absolute atomic E-state index is 13.1. The van der Waals surface area contributed by atoms with Gasteiger partial charge in [-0.25, -0.2) is 5.43 Å². The van der Waals surface area contributed by atoms with Gasteiger partial charge in [-0.05, 0) is 67.3 Å². The second-order valence-electron chi connectivity index (χ2n) is 10.1. The maximum Gasteiger partial charge on any atom is 0.271 e. The molecule has 0 bridgehead atoms. The van der Waals surface area contributed by atoms with Gasteiger partial charge in [-0.2, -0.15) is 5.10 Å². The van der Waals surface area contributed by atoms with Crippen LogP contribution in [0, 0.1) is 6.92 Å². The van der Waals surface area contributed by atoms with E-state index in [9.17, 15) is 14.7 Å². The fraction of sp³-hybridized carbons (Fsp3) is 0.219. The van der Waals surface area contributed by atoms with Gasteiger partial charge in [0.1, 0.15) is 11.5 Å². The molecule has 1 atom stereocenters. The number of carbonyl (C=O) groups is 2. The van der Waals surface area contributed by atoms with Crippen LogP contribution in [0.1, 0.15) is 28.4 Å². The topological polar surface area (TPSA) is 94.5 Å². The van der Waals surface area contributed by atoms with Crippen LogP contribution in [0.25, 0.3) is 10.8 Å². The number of halogens is 1. The monoisotopic (exact) mass is 570 g/mol. The molecule has 1 aliphatic rings. The zero-order valence-corrected chi connectivity index (χ0v) is 23.6. The van der Waals surface area contributed by atoms with E-state index in [1.54, 1.807) is 12.3 Å². The summed E-state index contributed by atoms with van der Waals surface area (Å²) in [6.07, 6.45) is 1.55. The number of fused-ring (bicyclic) bond motifs is 1. The Morgan fingerprint density at radius 1 is 1.05 bits per heavy atom. The van der Waals surface area contributed by atoms with E-state index >= 15 is 0 Å². The van der Waals surface area contributed by atoms with Crippen molar-refractivity contribution in [1.82, 2.24) is 10.3 Å². The smallest absolute Gasteiger partial charge is 0.271 e. The van der Waals surface area contributed by atoms with Gasteiger partial charge in [-0.1, -0.05) is 48.0 Å². The molecule has 0 aromatic heterocycles. The molecule has 2 N–H and O–H groups in total. The van der Waals surface area contributed by atoms with Crippen LogP contribution >= 0.6 is 11.6 Å². The molecule has 1 fully saturated rings. The number of nitrogens with zero attached hydrogens (tertiary/aromatic N) is 3. The zero-order valence-electron chi connectivity index (χ0n) is 22.9. The lowest BCUT2D eigenvalue weighted by Gasteiger charge is -2.41. The minimum absolute atomic E-state index is 0.0486. The summed E-state index contributed by atoms with van der Waals surface area (Å²) in [5, 5.41) is 15.4. The summed E-state index contributed by atoms with van der Waals surface area (Å²) in [7, 11) is 0. The SMILES string of the molecule is Cc1cccc(N2CCN(C(=O)COc3ccc(/C=N/NC(=O)c4ccc(O)c(Cl)c4)c4ccccc34)CC2C)c1. The van der Waals surface area contributed by atoms with E-state index in [2.05, 4.69) is 53.5 Å². The van der Waals surface area contributed by atoms with E-state index in [0.29, 0.717) is 18.8 Å². The molecule has 41 heavy (non-hydrogen) atoms. The molecular formula is C32H31ClN4O4. The van der Waals surface area contributed by atoms with Crippen molar-refractivity contribution in [2.75, 3.05) is 31.1 Å². The Labute approximate surface area is 243 Å². The third kappa shape index (κ3) is 6.44. The number of piperazine rings is 1. The van der Waals surface area contributed by atoms with Crippen LogP contribution in [-0.4, -0.2) is 60.3 Å². The Balaban J connectivity index is 1.22. The summed E-state index contributed by atoms with van der Waals surface area (Å²) in [5.41, 5.74) is 5.91. The highest BCUT2D eigenvalue weighted by Gasteiger charge is 2.27. The maximum atomic E-state index is 13.1. The lowest BCUT2D eigenvalue weighted by atomic mass is 10.0. The van der Waals surface area contributed by atoms with Crippen molar-refractivity contribution in [2.45, 2.75) is 19.9 Å². The molecule has 1 heterocycles. The molecule has 210 valence electrons. The first-order valence-corrected chi connectivity index (χ1v) is 13.8. The number of rotatable bonds is 7. The summed E-state index contributed by atoms with van der Waals surface area (Å²) >= 11 is 5.89. The second kappa shape index (κ2) is 12.3. The molecule has 4 aromatic carbocycles. The van der Waals surface area contributed by atoms with E-state index in [0.717, 1.165) is 22.9 Å². The van der Waals surface area contributed by atoms with Crippen molar-refractivity contribution in [3.05, 3.63) is 101 Å². The molecule has 9 heteroatoms. The standard InChI is InChI=1S/C32H31ClN4O4/c1-21-6-5-7-25(16-21)37-15-14-36(19-22(37)2)31(39)20-41-30-13-11-24(26-8-3-4-9-27(26)30)18-34-35-32(40)23-10-12-29(38)28(33)17-23/h3-13,16-18,22,38H,14-15,19-20H2,1-2H3,(H,35,40)/b34-18+. The van der Waals surface area contributed by atoms with Crippen molar-refractivity contribution in [3.8, 4) is 11.5 Å². The van der Waals surface area contributed by atoms with E-state index in [-0.39, 0.29) is 34.9 Å². The fourth-order valence-corrected chi connectivity index (χ4v) is 5.19. The van der Waals surface area contributed by atoms with Gasteiger partial charge in [0.2, 0.25) is 0 Å². The van der Waals surface area contributed by atoms with Crippen LogP contribution in [0.5, 0.6) is 11.5 Å². The Morgan fingerprint density at radius 2 is 1.85 bits per heavy atom. The summed E-state index contributed by atoms with van der Waals surface area (Å²) in [6.45, 7) is 6.21. The number of phenols is 1. The van der Waals surface area contributed by atoms with Gasteiger partial charge in [0, 0.05) is 47.9 Å². The molecule has 0 radical (unpaired) electrons. The van der Waals surface area contributed by atoms with Crippen LogP contribution in [0.4, 0.5) is 5.69 Å². The minimum Gasteiger partial charge on any atom is -0.506 e. The predicted molar refractivity (Wildman–Crippen MR) is 162 cm³/mol. The average Bonchev–Trinajstić information content (AvgIpc) is 2.97. The van der Waals surface area contributed by atoms with Crippen molar-refractivity contribution >= 4 is 46.1 Å². The number of hydrazone groups is 1. The van der Waals surface area contributed by atoms with E-state index in [1.807, 2.05) is 35.2 Å². The highest BCUT2D eigenvalue weighted by atomic mass is 35.5. The molecule has 0 saturated carbocycles. The van der Waals surface area contributed by atoms with E-state index in [4.69, 9.17) is 16.3 Å². The van der Waals surface area contributed by atoms with Gasteiger partial charge in [-0.3, -0.25) is 9.59 Å². The number of amides is 2.